The summed E-state index contributed by atoms with van der Waals surface area (Å²) < 4.78 is 0. The summed E-state index contributed by atoms with van der Waals surface area (Å²) in [6, 6.07) is 7.30. The number of aromatic hydroxyl groups is 1. The molecule has 2 rings (SSSR count). The Hall–Kier alpha value is -1.22. The first kappa shape index (κ1) is 10.3. The molecule has 15 heavy (non-hydrogen) atoms. The second-order valence-electron chi connectivity index (χ2n) is 4.58. The zero-order chi connectivity index (χ0) is 10.9. The highest BCUT2D eigenvalue weighted by atomic mass is 16.3. The number of benzene rings is 1. The molecule has 0 radical (unpaired) electrons. The van der Waals surface area contributed by atoms with Crippen LogP contribution in [0.25, 0.3) is 0 Å². The molecule has 3 heteroatoms. The monoisotopic (exact) mass is 206 g/mol. The van der Waals surface area contributed by atoms with E-state index in [2.05, 4.69) is 11.9 Å². The van der Waals surface area contributed by atoms with Gasteiger partial charge in [0.15, 0.2) is 0 Å². The molecule has 1 fully saturated rings. The first-order valence-electron chi connectivity index (χ1n) is 5.35. The molecular formula is C12H18N2O. The van der Waals surface area contributed by atoms with Gasteiger partial charge in [-0.05, 0) is 43.7 Å². The largest absolute Gasteiger partial charge is 0.508 e. The molecule has 82 valence electrons. The molecule has 0 spiro atoms. The summed E-state index contributed by atoms with van der Waals surface area (Å²) >= 11 is 0. The van der Waals surface area contributed by atoms with Crippen LogP contribution in [0, 0.1) is 5.41 Å². The van der Waals surface area contributed by atoms with Gasteiger partial charge < -0.3 is 15.7 Å². The van der Waals surface area contributed by atoms with Crippen LogP contribution < -0.4 is 10.6 Å². The van der Waals surface area contributed by atoms with Crippen molar-refractivity contribution in [2.75, 3.05) is 25.0 Å². The number of phenols is 1. The van der Waals surface area contributed by atoms with Gasteiger partial charge >= 0.3 is 0 Å². The normalized spacial score (nSPS) is 17.5. The molecule has 0 aromatic heterocycles. The first-order valence-corrected chi connectivity index (χ1v) is 5.35. The molecule has 0 amide bonds. The quantitative estimate of drug-likeness (QED) is 0.786. The van der Waals surface area contributed by atoms with Gasteiger partial charge in [-0.1, -0.05) is 0 Å². The van der Waals surface area contributed by atoms with Crippen LogP contribution in [0.2, 0.25) is 0 Å². The number of phenolic OH excluding ortho intramolecular Hbond substituents is 1. The Bertz CT molecular complexity index is 330. The van der Waals surface area contributed by atoms with E-state index in [0.717, 1.165) is 18.8 Å². The summed E-state index contributed by atoms with van der Waals surface area (Å²) in [5.41, 5.74) is 7.24. The van der Waals surface area contributed by atoms with E-state index in [-0.39, 0.29) is 0 Å². The number of hydrogen-bond acceptors (Lipinski definition) is 3. The van der Waals surface area contributed by atoms with Gasteiger partial charge in [0, 0.05) is 24.7 Å². The molecule has 0 bridgehead atoms. The first-order chi connectivity index (χ1) is 7.15. The molecule has 0 heterocycles. The molecule has 1 aliphatic rings. The van der Waals surface area contributed by atoms with Gasteiger partial charge in [0.2, 0.25) is 0 Å². The highest BCUT2D eigenvalue weighted by Crippen LogP contribution is 2.45. The van der Waals surface area contributed by atoms with E-state index < -0.39 is 0 Å². The predicted molar refractivity (Wildman–Crippen MR) is 62.1 cm³/mol. The zero-order valence-electron chi connectivity index (χ0n) is 9.11. The lowest BCUT2D eigenvalue weighted by molar-refractivity contribution is 0.475. The maximum Gasteiger partial charge on any atom is 0.115 e. The molecule has 3 nitrogen and oxygen atoms in total. The summed E-state index contributed by atoms with van der Waals surface area (Å²) in [6.07, 6.45) is 2.48. The fourth-order valence-electron chi connectivity index (χ4n) is 1.91. The SMILES string of the molecule is CN(CC1(CN)CC1)c1ccc(O)cc1. The topological polar surface area (TPSA) is 49.5 Å². The lowest BCUT2D eigenvalue weighted by Crippen LogP contribution is -2.31. The number of hydrogen-bond donors (Lipinski definition) is 2. The van der Waals surface area contributed by atoms with Gasteiger partial charge in [-0.2, -0.15) is 0 Å². The lowest BCUT2D eigenvalue weighted by atomic mass is 10.1. The predicted octanol–water partition coefficient (Wildman–Crippen LogP) is 1.57. The minimum atomic E-state index is 0.312. The Morgan fingerprint density at radius 2 is 1.93 bits per heavy atom. The molecular weight excluding hydrogens is 188 g/mol. The molecule has 1 aromatic rings. The van der Waals surface area contributed by atoms with Crippen molar-refractivity contribution in [2.24, 2.45) is 11.1 Å². The highest BCUT2D eigenvalue weighted by molar-refractivity contribution is 5.48. The van der Waals surface area contributed by atoms with Crippen LogP contribution >= 0.6 is 0 Å². The molecule has 0 unspecified atom stereocenters. The van der Waals surface area contributed by atoms with Gasteiger partial charge in [-0.15, -0.1) is 0 Å². The van der Waals surface area contributed by atoms with Crippen molar-refractivity contribution in [3.05, 3.63) is 24.3 Å². The van der Waals surface area contributed by atoms with Crippen molar-refractivity contribution in [3.8, 4) is 5.75 Å². The Labute approximate surface area is 90.5 Å². The third kappa shape index (κ3) is 2.23. The van der Waals surface area contributed by atoms with Gasteiger partial charge in [0.05, 0.1) is 0 Å². The van der Waals surface area contributed by atoms with Crippen molar-refractivity contribution in [1.29, 1.82) is 0 Å². The maximum atomic E-state index is 9.19. The molecule has 1 aliphatic carbocycles. The fourth-order valence-corrected chi connectivity index (χ4v) is 1.91. The van der Waals surface area contributed by atoms with Crippen LogP contribution in [0.5, 0.6) is 5.75 Å². The number of nitrogens with zero attached hydrogens (tertiary/aromatic N) is 1. The summed E-state index contributed by atoms with van der Waals surface area (Å²) in [7, 11) is 2.07. The van der Waals surface area contributed by atoms with Crippen molar-refractivity contribution < 1.29 is 5.11 Å². The Balaban J connectivity index is 2.01. The fraction of sp³-hybridized carbons (Fsp3) is 0.500. The lowest BCUT2D eigenvalue weighted by Gasteiger charge is -2.24. The molecule has 1 aromatic carbocycles. The standard InChI is InChI=1S/C12H18N2O/c1-14(9-12(8-13)6-7-12)10-2-4-11(15)5-3-10/h2-5,15H,6-9,13H2,1H3. The summed E-state index contributed by atoms with van der Waals surface area (Å²) in [5.74, 6) is 0.312. The van der Waals surface area contributed by atoms with E-state index in [9.17, 15) is 5.11 Å². The smallest absolute Gasteiger partial charge is 0.115 e. The van der Waals surface area contributed by atoms with E-state index in [1.165, 1.54) is 12.8 Å². The van der Waals surface area contributed by atoms with Crippen LogP contribution in [0.3, 0.4) is 0 Å². The molecule has 3 N–H and O–H groups in total. The van der Waals surface area contributed by atoms with Crippen molar-refractivity contribution >= 4 is 5.69 Å². The van der Waals surface area contributed by atoms with E-state index in [0.29, 0.717) is 11.2 Å². The van der Waals surface area contributed by atoms with E-state index >= 15 is 0 Å². The van der Waals surface area contributed by atoms with Crippen LogP contribution in [-0.4, -0.2) is 25.2 Å². The van der Waals surface area contributed by atoms with Crippen LogP contribution in [0.4, 0.5) is 5.69 Å². The van der Waals surface area contributed by atoms with Gasteiger partial charge in [-0.25, -0.2) is 0 Å². The molecule has 0 saturated heterocycles. The summed E-state index contributed by atoms with van der Waals surface area (Å²) in [4.78, 5) is 2.21. The van der Waals surface area contributed by atoms with E-state index in [1.807, 2.05) is 12.1 Å². The molecule has 0 aliphatic heterocycles. The Morgan fingerprint density at radius 3 is 2.40 bits per heavy atom. The second kappa shape index (κ2) is 3.74. The van der Waals surface area contributed by atoms with Crippen LogP contribution in [0.1, 0.15) is 12.8 Å². The average molecular weight is 206 g/mol. The molecule has 0 atom stereocenters. The summed E-state index contributed by atoms with van der Waals surface area (Å²) in [6.45, 7) is 1.78. The van der Waals surface area contributed by atoms with E-state index in [4.69, 9.17) is 5.73 Å². The maximum absolute atomic E-state index is 9.19. The van der Waals surface area contributed by atoms with Crippen LogP contribution in [-0.2, 0) is 0 Å². The Morgan fingerprint density at radius 1 is 1.33 bits per heavy atom. The number of rotatable bonds is 4. The summed E-state index contributed by atoms with van der Waals surface area (Å²) in [5, 5.41) is 9.19. The van der Waals surface area contributed by atoms with E-state index in [1.54, 1.807) is 12.1 Å². The minimum absolute atomic E-state index is 0.312. The van der Waals surface area contributed by atoms with Crippen molar-refractivity contribution in [2.45, 2.75) is 12.8 Å². The van der Waals surface area contributed by atoms with Crippen molar-refractivity contribution in [3.63, 3.8) is 0 Å². The van der Waals surface area contributed by atoms with Gasteiger partial charge in [0.25, 0.3) is 0 Å². The van der Waals surface area contributed by atoms with Crippen molar-refractivity contribution in [1.82, 2.24) is 0 Å². The third-order valence-electron chi connectivity index (χ3n) is 3.25. The highest BCUT2D eigenvalue weighted by Gasteiger charge is 2.41. The number of nitrogens with two attached hydrogens (primary N) is 1. The zero-order valence-corrected chi connectivity index (χ0v) is 9.11. The Kier molecular flexibility index (Phi) is 2.57. The minimum Gasteiger partial charge on any atom is -0.508 e. The molecule has 1 saturated carbocycles. The second-order valence-corrected chi connectivity index (χ2v) is 4.58. The van der Waals surface area contributed by atoms with Crippen LogP contribution in [0.15, 0.2) is 24.3 Å². The average Bonchev–Trinajstić information content (AvgIpc) is 2.99. The van der Waals surface area contributed by atoms with Gasteiger partial charge in [-0.3, -0.25) is 0 Å². The third-order valence-corrected chi connectivity index (χ3v) is 3.25. The van der Waals surface area contributed by atoms with Gasteiger partial charge in [0.1, 0.15) is 5.75 Å². The number of anilines is 1.